The van der Waals surface area contributed by atoms with E-state index in [2.05, 4.69) is 10.0 Å². The Hall–Kier alpha value is -0.440. The molecule has 0 amide bonds. The summed E-state index contributed by atoms with van der Waals surface area (Å²) < 4.78 is 30.9. The molecule has 1 aromatic carbocycles. The highest BCUT2D eigenvalue weighted by Gasteiger charge is 2.20. The summed E-state index contributed by atoms with van der Waals surface area (Å²) in [6.45, 7) is 2.33. The van der Waals surface area contributed by atoms with E-state index in [4.69, 9.17) is 40.2 Å². The van der Waals surface area contributed by atoms with Crippen molar-refractivity contribution in [3.63, 3.8) is 0 Å². The van der Waals surface area contributed by atoms with Crippen LogP contribution in [0.5, 0.6) is 0 Å². The molecule has 5 nitrogen and oxygen atoms in total. The van der Waals surface area contributed by atoms with Gasteiger partial charge in [0.15, 0.2) is 0 Å². The van der Waals surface area contributed by atoms with Crippen LogP contribution < -0.4 is 10.0 Å². The molecular weight excluding hydrogens is 391 g/mol. The van der Waals surface area contributed by atoms with Gasteiger partial charge in [0, 0.05) is 29.3 Å². The highest BCUT2D eigenvalue weighted by Crippen LogP contribution is 2.27. The van der Waals surface area contributed by atoms with Gasteiger partial charge in [-0.1, -0.05) is 54.8 Å². The number of ether oxygens (including phenoxy) is 1. The average Bonchev–Trinajstić information content (AvgIpc) is 2.47. The molecule has 0 heterocycles. The van der Waals surface area contributed by atoms with E-state index in [-0.39, 0.29) is 6.10 Å². The molecule has 0 radical (unpaired) electrons. The zero-order valence-electron chi connectivity index (χ0n) is 13.8. The standard InChI is InChI=1S/C15H22Cl2N2O3S2/c1-4-5-13(19-24(3,20)21)15(23)18-9-14(22-2)11-7-6-10(16)8-12(11)17/h6-8,13-14,19H,4-5,9H2,1-3H3,(H,18,23). The SMILES string of the molecule is CCCC(NS(C)(=O)=O)C(=S)NCC(OC)c1ccc(Cl)cc1Cl. The molecule has 136 valence electrons. The van der Waals surface area contributed by atoms with E-state index in [0.29, 0.717) is 28.0 Å². The summed E-state index contributed by atoms with van der Waals surface area (Å²) in [7, 11) is -1.77. The van der Waals surface area contributed by atoms with E-state index in [1.165, 1.54) is 0 Å². The first-order chi connectivity index (χ1) is 11.2. The molecular formula is C15H22Cl2N2O3S2. The summed E-state index contributed by atoms with van der Waals surface area (Å²) in [5, 5.41) is 4.11. The molecule has 0 spiro atoms. The summed E-state index contributed by atoms with van der Waals surface area (Å²) in [5.41, 5.74) is 0.780. The topological polar surface area (TPSA) is 67.4 Å². The maximum atomic E-state index is 11.5. The highest BCUT2D eigenvalue weighted by atomic mass is 35.5. The van der Waals surface area contributed by atoms with E-state index in [1.807, 2.05) is 6.92 Å². The number of thiocarbonyl (C=S) groups is 1. The van der Waals surface area contributed by atoms with Crippen molar-refractivity contribution in [2.24, 2.45) is 0 Å². The molecule has 0 aliphatic heterocycles. The first kappa shape index (κ1) is 21.6. The molecule has 0 aromatic heterocycles. The third-order valence-corrected chi connectivity index (χ3v) is 5.01. The van der Waals surface area contributed by atoms with Crippen molar-refractivity contribution in [3.8, 4) is 0 Å². The Morgan fingerprint density at radius 1 is 1.38 bits per heavy atom. The predicted octanol–water partition coefficient (Wildman–Crippen LogP) is 3.32. The summed E-state index contributed by atoms with van der Waals surface area (Å²) in [6.07, 6.45) is 2.18. The van der Waals surface area contributed by atoms with Crippen molar-refractivity contribution >= 4 is 50.4 Å². The smallest absolute Gasteiger partial charge is 0.209 e. The lowest BCUT2D eigenvalue weighted by Gasteiger charge is -2.23. The lowest BCUT2D eigenvalue weighted by molar-refractivity contribution is 0.106. The number of sulfonamides is 1. The molecule has 2 N–H and O–H groups in total. The fourth-order valence-electron chi connectivity index (χ4n) is 2.19. The van der Waals surface area contributed by atoms with Gasteiger partial charge in [0.25, 0.3) is 0 Å². The third-order valence-electron chi connectivity index (χ3n) is 3.31. The van der Waals surface area contributed by atoms with E-state index in [9.17, 15) is 8.42 Å². The first-order valence-electron chi connectivity index (χ1n) is 7.40. The van der Waals surface area contributed by atoms with Gasteiger partial charge >= 0.3 is 0 Å². The molecule has 2 atom stereocenters. The zero-order valence-corrected chi connectivity index (χ0v) is 17.0. The van der Waals surface area contributed by atoms with Crippen LogP contribution in [0.15, 0.2) is 18.2 Å². The van der Waals surface area contributed by atoms with Gasteiger partial charge in [0.1, 0.15) is 6.10 Å². The molecule has 9 heteroatoms. The van der Waals surface area contributed by atoms with Crippen LogP contribution in [-0.4, -0.2) is 39.4 Å². The molecule has 0 aliphatic carbocycles. The summed E-state index contributed by atoms with van der Waals surface area (Å²) >= 11 is 17.4. The molecule has 2 unspecified atom stereocenters. The van der Waals surface area contributed by atoms with Crippen molar-refractivity contribution < 1.29 is 13.2 Å². The van der Waals surface area contributed by atoms with Crippen LogP contribution in [0.3, 0.4) is 0 Å². The quantitative estimate of drug-likeness (QED) is 0.608. The van der Waals surface area contributed by atoms with Crippen LogP contribution in [0.2, 0.25) is 10.0 Å². The van der Waals surface area contributed by atoms with E-state index >= 15 is 0 Å². The van der Waals surface area contributed by atoms with Crippen molar-refractivity contribution in [3.05, 3.63) is 33.8 Å². The summed E-state index contributed by atoms with van der Waals surface area (Å²) in [6, 6.07) is 4.73. The fraction of sp³-hybridized carbons (Fsp3) is 0.533. The Morgan fingerprint density at radius 3 is 2.54 bits per heavy atom. The van der Waals surface area contributed by atoms with Crippen LogP contribution in [0.1, 0.15) is 31.4 Å². The molecule has 0 bridgehead atoms. The van der Waals surface area contributed by atoms with Crippen molar-refractivity contribution in [2.45, 2.75) is 31.9 Å². The maximum absolute atomic E-state index is 11.5. The number of benzene rings is 1. The van der Waals surface area contributed by atoms with E-state index in [0.717, 1.165) is 18.2 Å². The first-order valence-corrected chi connectivity index (χ1v) is 10.5. The number of nitrogens with one attached hydrogen (secondary N) is 2. The molecule has 0 aliphatic rings. The van der Waals surface area contributed by atoms with Crippen LogP contribution in [0.25, 0.3) is 0 Å². The lowest BCUT2D eigenvalue weighted by Crippen LogP contribution is -2.46. The second kappa shape index (κ2) is 9.89. The second-order valence-electron chi connectivity index (χ2n) is 5.37. The Balaban J connectivity index is 2.77. The molecule has 1 aromatic rings. The molecule has 24 heavy (non-hydrogen) atoms. The monoisotopic (exact) mass is 412 g/mol. The number of hydrogen-bond acceptors (Lipinski definition) is 4. The van der Waals surface area contributed by atoms with Crippen molar-refractivity contribution in [2.75, 3.05) is 19.9 Å². The largest absolute Gasteiger partial charge is 0.375 e. The Morgan fingerprint density at radius 2 is 2.04 bits per heavy atom. The van der Waals surface area contributed by atoms with Crippen molar-refractivity contribution in [1.29, 1.82) is 0 Å². The lowest BCUT2D eigenvalue weighted by atomic mass is 10.1. The van der Waals surface area contributed by atoms with Crippen molar-refractivity contribution in [1.82, 2.24) is 10.0 Å². The molecule has 0 fully saturated rings. The average molecular weight is 413 g/mol. The van der Waals surface area contributed by atoms with Gasteiger partial charge in [-0.05, 0) is 18.6 Å². The number of rotatable bonds is 9. The third kappa shape index (κ3) is 7.21. The van der Waals surface area contributed by atoms with Crippen LogP contribution in [0.4, 0.5) is 0 Å². The summed E-state index contributed by atoms with van der Waals surface area (Å²) in [4.78, 5) is 0.425. The van der Waals surface area contributed by atoms with E-state index in [1.54, 1.807) is 25.3 Å². The fourth-order valence-corrected chi connectivity index (χ4v) is 3.81. The van der Waals surface area contributed by atoms with Gasteiger partial charge in [0.2, 0.25) is 10.0 Å². The highest BCUT2D eigenvalue weighted by molar-refractivity contribution is 7.88. The van der Waals surface area contributed by atoms with Crippen LogP contribution in [0, 0.1) is 0 Å². The number of hydrogen-bond donors (Lipinski definition) is 2. The molecule has 0 saturated heterocycles. The molecule has 1 rings (SSSR count). The second-order valence-corrected chi connectivity index (χ2v) is 8.43. The minimum atomic E-state index is -3.34. The Labute approximate surface area is 159 Å². The van der Waals surface area contributed by atoms with Gasteiger partial charge in [0.05, 0.1) is 17.3 Å². The summed E-state index contributed by atoms with van der Waals surface area (Å²) in [5.74, 6) is 0. The molecule has 0 saturated carbocycles. The van der Waals surface area contributed by atoms with Gasteiger partial charge < -0.3 is 10.1 Å². The number of methoxy groups -OCH3 is 1. The zero-order chi connectivity index (χ0) is 18.3. The minimum Gasteiger partial charge on any atom is -0.375 e. The van der Waals surface area contributed by atoms with Gasteiger partial charge in [-0.3, -0.25) is 0 Å². The normalized spacial score (nSPS) is 14.2. The minimum absolute atomic E-state index is 0.340. The van der Waals surface area contributed by atoms with Gasteiger partial charge in [-0.25, -0.2) is 13.1 Å². The maximum Gasteiger partial charge on any atom is 0.209 e. The van der Waals surface area contributed by atoms with Gasteiger partial charge in [-0.2, -0.15) is 0 Å². The Kier molecular flexibility index (Phi) is 8.90. The predicted molar refractivity (Wildman–Crippen MR) is 103 cm³/mol. The van der Waals surface area contributed by atoms with Crippen LogP contribution in [-0.2, 0) is 14.8 Å². The van der Waals surface area contributed by atoms with Crippen LogP contribution >= 0.6 is 35.4 Å². The van der Waals surface area contributed by atoms with Gasteiger partial charge in [-0.15, -0.1) is 0 Å². The number of halogens is 2. The van der Waals surface area contributed by atoms with E-state index < -0.39 is 16.1 Å². The Bertz CT molecular complexity index is 669.